The summed E-state index contributed by atoms with van der Waals surface area (Å²) in [6.45, 7) is -0.174. The maximum absolute atomic E-state index is 14.1. The summed E-state index contributed by atoms with van der Waals surface area (Å²) in [7, 11) is 0. The Morgan fingerprint density at radius 3 is 2.77 bits per heavy atom. The number of aromatic nitrogens is 2. The van der Waals surface area contributed by atoms with Gasteiger partial charge in [0, 0.05) is 5.02 Å². The number of carbonyl (C=O) groups excluding carboxylic acids is 1. The van der Waals surface area contributed by atoms with Crippen LogP contribution in [-0.2, 0) is 6.61 Å². The first-order valence-corrected chi connectivity index (χ1v) is 8.24. The number of aromatic hydroxyl groups is 1. The Morgan fingerprint density at radius 1 is 1.31 bits per heavy atom. The first kappa shape index (κ1) is 18.0. The number of nitrogens with zero attached hydrogens (tertiary/aromatic N) is 2. The van der Waals surface area contributed by atoms with E-state index in [-0.39, 0.29) is 23.9 Å². The molecule has 1 aromatic heterocycles. The molecule has 0 bridgehead atoms. The molecule has 0 saturated heterocycles. The van der Waals surface area contributed by atoms with E-state index in [1.807, 2.05) is 0 Å². The number of rotatable bonds is 5. The lowest BCUT2D eigenvalue weighted by atomic mass is 10.1. The molecule has 0 aliphatic heterocycles. The molecule has 0 atom stereocenters. The Bertz CT molecular complexity index is 997. The summed E-state index contributed by atoms with van der Waals surface area (Å²) >= 11 is 6.75. The zero-order chi connectivity index (χ0) is 18.8. The van der Waals surface area contributed by atoms with Gasteiger partial charge in [-0.2, -0.15) is 4.37 Å². The number of primary amides is 1. The summed E-state index contributed by atoms with van der Waals surface area (Å²) in [5, 5.41) is 10.6. The van der Waals surface area contributed by atoms with Gasteiger partial charge in [-0.05, 0) is 41.9 Å². The van der Waals surface area contributed by atoms with Gasteiger partial charge in [-0.15, -0.1) is 0 Å². The Balaban J connectivity index is 1.79. The number of phenolic OH excluding ortho intramolecular Hbond substituents is 1. The van der Waals surface area contributed by atoms with Crippen LogP contribution in [0.4, 0.5) is 8.78 Å². The van der Waals surface area contributed by atoms with Gasteiger partial charge in [0.15, 0.2) is 22.4 Å². The molecule has 6 nitrogen and oxygen atoms in total. The highest BCUT2D eigenvalue weighted by Gasteiger charge is 2.20. The van der Waals surface area contributed by atoms with Crippen molar-refractivity contribution in [3.63, 3.8) is 0 Å². The molecule has 0 aliphatic rings. The highest BCUT2D eigenvalue weighted by atomic mass is 35.5. The molecule has 0 spiro atoms. The number of hydrogen-bond acceptors (Lipinski definition) is 6. The van der Waals surface area contributed by atoms with Gasteiger partial charge in [-0.1, -0.05) is 11.6 Å². The molecule has 0 aliphatic carbocycles. The third kappa shape index (κ3) is 3.58. The minimum atomic E-state index is -1.23. The topological polar surface area (TPSA) is 98.3 Å². The molecule has 10 heteroatoms. The van der Waals surface area contributed by atoms with E-state index in [0.29, 0.717) is 15.6 Å². The number of carbonyl (C=O) groups is 1. The van der Waals surface area contributed by atoms with Crippen LogP contribution in [0, 0.1) is 11.6 Å². The molecule has 26 heavy (non-hydrogen) atoms. The van der Waals surface area contributed by atoms with Crippen molar-refractivity contribution in [2.45, 2.75) is 6.61 Å². The van der Waals surface area contributed by atoms with Gasteiger partial charge in [0.05, 0.1) is 5.56 Å². The first-order valence-electron chi connectivity index (χ1n) is 7.09. The first-order chi connectivity index (χ1) is 12.4. The molecule has 3 N–H and O–H groups in total. The largest absolute Gasteiger partial charge is 0.507 e. The SMILES string of the molecule is NC(=O)c1c(F)ccc(OCc2nc(-c3ccc(Cl)cc3O)ns2)c1F. The van der Waals surface area contributed by atoms with Gasteiger partial charge >= 0.3 is 0 Å². The van der Waals surface area contributed by atoms with Crippen molar-refractivity contribution < 1.29 is 23.4 Å². The standard InChI is InChI=1S/C16H10ClF2N3O3S/c17-7-1-2-8(10(23)5-7)16-21-12(26-22-16)6-25-11-4-3-9(18)13(14(11)19)15(20)24/h1-5,23H,6H2,(H2,20,24). The van der Waals surface area contributed by atoms with E-state index in [4.69, 9.17) is 22.1 Å². The van der Waals surface area contributed by atoms with E-state index in [1.54, 1.807) is 12.1 Å². The Kier molecular flexibility index (Phi) is 5.01. The molecule has 1 heterocycles. The Labute approximate surface area is 155 Å². The van der Waals surface area contributed by atoms with Crippen molar-refractivity contribution in [2.24, 2.45) is 5.73 Å². The highest BCUT2D eigenvalue weighted by Crippen LogP contribution is 2.31. The molecular formula is C16H10ClF2N3O3S. The molecular weight excluding hydrogens is 388 g/mol. The predicted molar refractivity (Wildman–Crippen MR) is 91.2 cm³/mol. The van der Waals surface area contributed by atoms with E-state index in [0.717, 1.165) is 23.7 Å². The van der Waals surface area contributed by atoms with E-state index >= 15 is 0 Å². The van der Waals surface area contributed by atoms with Crippen molar-refractivity contribution >= 4 is 29.0 Å². The molecule has 2 aromatic carbocycles. The van der Waals surface area contributed by atoms with Gasteiger partial charge in [-0.25, -0.2) is 13.8 Å². The van der Waals surface area contributed by atoms with Gasteiger partial charge in [0.25, 0.3) is 5.91 Å². The van der Waals surface area contributed by atoms with E-state index in [2.05, 4.69) is 9.36 Å². The molecule has 3 rings (SSSR count). The van der Waals surface area contributed by atoms with E-state index < -0.39 is 23.1 Å². The zero-order valence-electron chi connectivity index (χ0n) is 12.9. The Hall–Kier alpha value is -2.78. The van der Waals surface area contributed by atoms with Crippen LogP contribution in [0.1, 0.15) is 15.4 Å². The summed E-state index contributed by atoms with van der Waals surface area (Å²) in [4.78, 5) is 15.3. The number of halogens is 3. The van der Waals surface area contributed by atoms with Gasteiger partial charge in [-0.3, -0.25) is 4.79 Å². The second-order valence-electron chi connectivity index (χ2n) is 5.06. The summed E-state index contributed by atoms with van der Waals surface area (Å²) in [5.41, 5.74) is 4.46. The normalized spacial score (nSPS) is 10.7. The molecule has 0 radical (unpaired) electrons. The highest BCUT2D eigenvalue weighted by molar-refractivity contribution is 7.05. The van der Waals surface area contributed by atoms with Gasteiger partial charge < -0.3 is 15.6 Å². The van der Waals surface area contributed by atoms with Crippen LogP contribution >= 0.6 is 23.1 Å². The fourth-order valence-corrected chi connectivity index (χ4v) is 2.86. The van der Waals surface area contributed by atoms with Crippen LogP contribution in [-0.4, -0.2) is 20.4 Å². The molecule has 3 aromatic rings. The molecule has 134 valence electrons. The lowest BCUT2D eigenvalue weighted by Crippen LogP contribution is -2.16. The summed E-state index contributed by atoms with van der Waals surface area (Å²) in [6, 6.07) is 6.42. The van der Waals surface area contributed by atoms with E-state index in [1.165, 1.54) is 6.07 Å². The maximum Gasteiger partial charge on any atom is 0.254 e. The summed E-state index contributed by atoms with van der Waals surface area (Å²) in [6.07, 6.45) is 0. The number of hydrogen-bond donors (Lipinski definition) is 2. The second kappa shape index (κ2) is 7.22. The molecule has 0 unspecified atom stereocenters. The predicted octanol–water partition coefficient (Wildman–Crippen LogP) is 3.52. The second-order valence-corrected chi connectivity index (χ2v) is 6.33. The van der Waals surface area contributed by atoms with Crippen LogP contribution in [0.15, 0.2) is 30.3 Å². The minimum absolute atomic E-state index is 0.0848. The number of ether oxygens (including phenoxy) is 1. The average Bonchev–Trinajstić information content (AvgIpc) is 3.02. The molecule has 0 fully saturated rings. The number of phenols is 1. The maximum atomic E-state index is 14.1. The lowest BCUT2D eigenvalue weighted by molar-refractivity contribution is 0.0991. The molecule has 1 amide bonds. The van der Waals surface area contributed by atoms with Crippen LogP contribution in [0.3, 0.4) is 0 Å². The molecule has 0 saturated carbocycles. The fourth-order valence-electron chi connectivity index (χ4n) is 2.13. The number of amides is 1. The van der Waals surface area contributed by atoms with Crippen LogP contribution < -0.4 is 10.5 Å². The number of benzene rings is 2. The summed E-state index contributed by atoms with van der Waals surface area (Å²) < 4.78 is 36.9. The van der Waals surface area contributed by atoms with Crippen molar-refractivity contribution in [3.05, 3.63) is 57.6 Å². The zero-order valence-corrected chi connectivity index (χ0v) is 14.4. The van der Waals surface area contributed by atoms with Crippen LogP contribution in [0.2, 0.25) is 5.02 Å². The number of nitrogens with two attached hydrogens (primary N) is 1. The van der Waals surface area contributed by atoms with Gasteiger partial charge in [0.1, 0.15) is 23.7 Å². The van der Waals surface area contributed by atoms with Crippen molar-refractivity contribution in [1.82, 2.24) is 9.36 Å². The monoisotopic (exact) mass is 397 g/mol. The smallest absolute Gasteiger partial charge is 0.254 e. The third-order valence-corrected chi connectivity index (χ3v) is 4.24. The fraction of sp³-hybridized carbons (Fsp3) is 0.0625. The minimum Gasteiger partial charge on any atom is -0.507 e. The van der Waals surface area contributed by atoms with Crippen LogP contribution in [0.25, 0.3) is 11.4 Å². The van der Waals surface area contributed by atoms with Crippen LogP contribution in [0.5, 0.6) is 11.5 Å². The van der Waals surface area contributed by atoms with Crippen molar-refractivity contribution in [3.8, 4) is 22.9 Å². The quantitative estimate of drug-likeness (QED) is 0.686. The van der Waals surface area contributed by atoms with Gasteiger partial charge in [0.2, 0.25) is 0 Å². The Morgan fingerprint density at radius 2 is 2.08 bits per heavy atom. The summed E-state index contributed by atoms with van der Waals surface area (Å²) in [5.74, 6) is -3.66. The van der Waals surface area contributed by atoms with E-state index in [9.17, 15) is 18.7 Å². The van der Waals surface area contributed by atoms with Crippen molar-refractivity contribution in [1.29, 1.82) is 0 Å². The average molecular weight is 398 g/mol. The third-order valence-electron chi connectivity index (χ3n) is 3.32. The lowest BCUT2D eigenvalue weighted by Gasteiger charge is -2.08. The van der Waals surface area contributed by atoms with Crippen molar-refractivity contribution in [2.75, 3.05) is 0 Å².